The Kier molecular flexibility index (Phi) is 3.88. The average molecular weight is 246 g/mol. The molecule has 2 N–H and O–H groups in total. The molecule has 2 heterocycles. The molecule has 0 spiro atoms. The van der Waals surface area contributed by atoms with Crippen molar-refractivity contribution in [2.24, 2.45) is 15.7 Å². The number of nitrogens with two attached hydrogens (primary N) is 1. The molecular formula is C12H18N6. The SMILES string of the molecule is C=NC(N)=Nc1ccc(N2CCN(C)CC2)cn1. The lowest BCUT2D eigenvalue weighted by molar-refractivity contribution is 0.313. The van der Waals surface area contributed by atoms with E-state index in [4.69, 9.17) is 5.73 Å². The number of pyridine rings is 1. The Morgan fingerprint density at radius 3 is 2.61 bits per heavy atom. The summed E-state index contributed by atoms with van der Waals surface area (Å²) >= 11 is 0. The van der Waals surface area contributed by atoms with Crippen molar-refractivity contribution < 1.29 is 0 Å². The number of hydrogen-bond acceptors (Lipinski definition) is 4. The van der Waals surface area contributed by atoms with Gasteiger partial charge in [0, 0.05) is 26.2 Å². The molecule has 0 radical (unpaired) electrons. The maximum atomic E-state index is 5.47. The van der Waals surface area contributed by atoms with E-state index in [-0.39, 0.29) is 5.96 Å². The Labute approximate surface area is 107 Å². The van der Waals surface area contributed by atoms with Gasteiger partial charge in [-0.25, -0.2) is 9.98 Å². The van der Waals surface area contributed by atoms with Crippen molar-refractivity contribution in [3.05, 3.63) is 18.3 Å². The van der Waals surface area contributed by atoms with Crippen LogP contribution in [0.3, 0.4) is 0 Å². The molecule has 0 amide bonds. The van der Waals surface area contributed by atoms with Gasteiger partial charge in [0.25, 0.3) is 0 Å². The molecule has 0 aliphatic carbocycles. The summed E-state index contributed by atoms with van der Waals surface area (Å²) in [6.07, 6.45) is 1.82. The van der Waals surface area contributed by atoms with E-state index in [2.05, 4.69) is 38.5 Å². The quantitative estimate of drug-likeness (QED) is 0.608. The Hall–Kier alpha value is -1.95. The predicted molar refractivity (Wildman–Crippen MR) is 74.8 cm³/mol. The molecule has 0 unspecified atom stereocenters. The third kappa shape index (κ3) is 3.04. The third-order valence-corrected chi connectivity index (χ3v) is 2.99. The maximum Gasteiger partial charge on any atom is 0.221 e. The molecule has 0 atom stereocenters. The minimum absolute atomic E-state index is 0.134. The van der Waals surface area contributed by atoms with Crippen LogP contribution in [-0.4, -0.2) is 55.8 Å². The summed E-state index contributed by atoms with van der Waals surface area (Å²) in [5.41, 5.74) is 6.58. The van der Waals surface area contributed by atoms with E-state index < -0.39 is 0 Å². The molecule has 1 aromatic rings. The van der Waals surface area contributed by atoms with Crippen molar-refractivity contribution in [3.8, 4) is 0 Å². The lowest BCUT2D eigenvalue weighted by atomic mass is 10.3. The first kappa shape index (κ1) is 12.5. The van der Waals surface area contributed by atoms with Gasteiger partial charge in [0.05, 0.1) is 11.9 Å². The Morgan fingerprint density at radius 1 is 1.33 bits per heavy atom. The summed E-state index contributed by atoms with van der Waals surface area (Å²) in [5, 5.41) is 0. The molecule has 2 rings (SSSR count). The van der Waals surface area contributed by atoms with Crippen LogP contribution >= 0.6 is 0 Å². The number of aromatic nitrogens is 1. The van der Waals surface area contributed by atoms with E-state index in [1.807, 2.05) is 18.3 Å². The van der Waals surface area contributed by atoms with Crippen molar-refractivity contribution in [2.45, 2.75) is 0 Å². The van der Waals surface area contributed by atoms with Gasteiger partial charge in [-0.05, 0) is 25.9 Å². The number of hydrogen-bond donors (Lipinski definition) is 1. The highest BCUT2D eigenvalue weighted by Gasteiger charge is 2.14. The van der Waals surface area contributed by atoms with Crippen LogP contribution in [0.1, 0.15) is 0 Å². The summed E-state index contributed by atoms with van der Waals surface area (Å²) in [6, 6.07) is 3.85. The lowest BCUT2D eigenvalue weighted by Gasteiger charge is -2.33. The van der Waals surface area contributed by atoms with Gasteiger partial charge < -0.3 is 15.5 Å². The van der Waals surface area contributed by atoms with Gasteiger partial charge in [-0.15, -0.1) is 0 Å². The van der Waals surface area contributed by atoms with Gasteiger partial charge in [-0.2, -0.15) is 4.99 Å². The second kappa shape index (κ2) is 5.59. The number of anilines is 1. The molecule has 1 aromatic heterocycles. The van der Waals surface area contributed by atoms with Gasteiger partial charge in [0.1, 0.15) is 0 Å². The second-order valence-electron chi connectivity index (χ2n) is 4.29. The molecule has 96 valence electrons. The molecule has 1 aliphatic heterocycles. The maximum absolute atomic E-state index is 5.47. The van der Waals surface area contributed by atoms with E-state index in [1.54, 1.807) is 0 Å². The topological polar surface area (TPSA) is 70.1 Å². The van der Waals surface area contributed by atoms with Crippen LogP contribution in [0.15, 0.2) is 28.3 Å². The van der Waals surface area contributed by atoms with Crippen LogP contribution < -0.4 is 10.6 Å². The molecule has 1 fully saturated rings. The number of likely N-dealkylation sites (N-methyl/N-ethyl adjacent to an activating group) is 1. The normalized spacial score (nSPS) is 17.8. The molecule has 0 bridgehead atoms. The van der Waals surface area contributed by atoms with Crippen molar-refractivity contribution in [1.29, 1.82) is 0 Å². The van der Waals surface area contributed by atoms with Crippen LogP contribution in [0.25, 0.3) is 0 Å². The van der Waals surface area contributed by atoms with Crippen LogP contribution in [0, 0.1) is 0 Å². The standard InChI is InChI=1S/C12H18N6/c1-14-12(13)16-11-4-3-10(9-15-11)18-7-5-17(2)6-8-18/h3-4,9H,1,5-8H2,2H3,(H2,13,15,16). The van der Waals surface area contributed by atoms with Crippen molar-refractivity contribution in [2.75, 3.05) is 38.1 Å². The number of rotatable bonds is 2. The fourth-order valence-corrected chi connectivity index (χ4v) is 1.85. The first-order valence-electron chi connectivity index (χ1n) is 5.89. The molecule has 6 nitrogen and oxygen atoms in total. The zero-order valence-electron chi connectivity index (χ0n) is 10.6. The van der Waals surface area contributed by atoms with Crippen LogP contribution in [0.5, 0.6) is 0 Å². The summed E-state index contributed by atoms with van der Waals surface area (Å²) in [4.78, 5) is 16.4. The van der Waals surface area contributed by atoms with Crippen molar-refractivity contribution >= 4 is 24.2 Å². The smallest absolute Gasteiger partial charge is 0.221 e. The molecule has 18 heavy (non-hydrogen) atoms. The van der Waals surface area contributed by atoms with E-state index in [9.17, 15) is 0 Å². The largest absolute Gasteiger partial charge is 0.368 e. The fourth-order valence-electron chi connectivity index (χ4n) is 1.85. The number of piperazine rings is 1. The van der Waals surface area contributed by atoms with E-state index in [0.29, 0.717) is 5.82 Å². The minimum atomic E-state index is 0.134. The summed E-state index contributed by atoms with van der Waals surface area (Å²) in [7, 11) is 2.14. The number of nitrogens with zero attached hydrogens (tertiary/aromatic N) is 5. The molecule has 0 aromatic carbocycles. The van der Waals surface area contributed by atoms with E-state index in [1.165, 1.54) is 0 Å². The van der Waals surface area contributed by atoms with Gasteiger partial charge in [-0.1, -0.05) is 0 Å². The molecular weight excluding hydrogens is 228 g/mol. The first-order valence-corrected chi connectivity index (χ1v) is 5.89. The monoisotopic (exact) mass is 246 g/mol. The van der Waals surface area contributed by atoms with Crippen LogP contribution in [-0.2, 0) is 0 Å². The zero-order chi connectivity index (χ0) is 13.0. The predicted octanol–water partition coefficient (Wildman–Crippen LogP) is 0.480. The Morgan fingerprint density at radius 2 is 2.06 bits per heavy atom. The lowest BCUT2D eigenvalue weighted by Crippen LogP contribution is -2.44. The molecule has 1 saturated heterocycles. The van der Waals surface area contributed by atoms with Crippen molar-refractivity contribution in [1.82, 2.24) is 9.88 Å². The highest BCUT2D eigenvalue weighted by Crippen LogP contribution is 2.18. The first-order chi connectivity index (χ1) is 8.69. The van der Waals surface area contributed by atoms with Gasteiger partial charge in [0.2, 0.25) is 5.96 Å². The number of aliphatic imine (C=N–C) groups is 2. The van der Waals surface area contributed by atoms with Crippen molar-refractivity contribution in [3.63, 3.8) is 0 Å². The van der Waals surface area contributed by atoms with Crippen LogP contribution in [0.4, 0.5) is 11.5 Å². The molecule has 1 aliphatic rings. The fraction of sp³-hybridized carbons (Fsp3) is 0.417. The van der Waals surface area contributed by atoms with Gasteiger partial charge in [-0.3, -0.25) is 0 Å². The van der Waals surface area contributed by atoms with E-state index >= 15 is 0 Å². The summed E-state index contributed by atoms with van der Waals surface area (Å²) in [6.45, 7) is 7.51. The van der Waals surface area contributed by atoms with E-state index in [0.717, 1.165) is 31.9 Å². The minimum Gasteiger partial charge on any atom is -0.368 e. The average Bonchev–Trinajstić information content (AvgIpc) is 2.40. The molecule has 0 saturated carbocycles. The highest BCUT2D eigenvalue weighted by molar-refractivity contribution is 5.84. The second-order valence-corrected chi connectivity index (χ2v) is 4.29. The van der Waals surface area contributed by atoms with Gasteiger partial charge in [0.15, 0.2) is 5.82 Å². The Bertz CT molecular complexity index is 430. The zero-order valence-corrected chi connectivity index (χ0v) is 10.6. The number of guanidine groups is 1. The summed E-state index contributed by atoms with van der Waals surface area (Å²) < 4.78 is 0. The molecule has 6 heteroatoms. The van der Waals surface area contributed by atoms with Gasteiger partial charge >= 0.3 is 0 Å². The third-order valence-electron chi connectivity index (χ3n) is 2.99. The Balaban J connectivity index is 2.06. The van der Waals surface area contributed by atoms with Crippen LogP contribution in [0.2, 0.25) is 0 Å². The highest BCUT2D eigenvalue weighted by atomic mass is 15.2. The summed E-state index contributed by atoms with van der Waals surface area (Å²) in [5.74, 6) is 0.688.